The molecule has 2 aliphatic carbocycles. The Morgan fingerprint density at radius 3 is 1.55 bits per heavy atom. The van der Waals surface area contributed by atoms with Crippen molar-refractivity contribution in [2.75, 3.05) is 4.90 Å². The van der Waals surface area contributed by atoms with Crippen molar-refractivity contribution in [3.05, 3.63) is 119 Å². The van der Waals surface area contributed by atoms with Gasteiger partial charge in [-0.3, -0.25) is 9.59 Å². The second kappa shape index (κ2) is 7.41. The predicted octanol–water partition coefficient (Wildman–Crippen LogP) is 5.73. The number of carbonyl (C=O) groups excluding carboxylic acids is 2. The summed E-state index contributed by atoms with van der Waals surface area (Å²) in [5.41, 5.74) is 7.74. The van der Waals surface area contributed by atoms with Crippen molar-refractivity contribution in [2.24, 2.45) is 23.7 Å². The van der Waals surface area contributed by atoms with Crippen molar-refractivity contribution in [1.82, 2.24) is 0 Å². The lowest BCUT2D eigenvalue weighted by atomic mass is 9.85. The topological polar surface area (TPSA) is 37.4 Å². The molecule has 4 atom stereocenters. The van der Waals surface area contributed by atoms with Crippen LogP contribution in [-0.4, -0.2) is 11.8 Å². The Hall–Kier alpha value is -3.72. The zero-order chi connectivity index (χ0) is 22.7. The smallest absolute Gasteiger partial charge is 0.238 e. The number of para-hydroxylation sites is 1. The fraction of sp³-hybridized carbons (Fsp3) is 0.200. The first kappa shape index (κ1) is 19.9. The van der Waals surface area contributed by atoms with E-state index in [1.165, 1.54) is 21.6 Å². The fourth-order valence-electron chi connectivity index (χ4n) is 5.87. The van der Waals surface area contributed by atoms with Crippen LogP contribution in [0.25, 0.3) is 5.57 Å². The number of rotatable bonds is 3. The molecule has 0 radical (unpaired) electrons. The zero-order valence-corrected chi connectivity index (χ0v) is 18.7. The Bertz CT molecular complexity index is 1230. The number of aryl methyl sites for hydroxylation is 2. The van der Waals surface area contributed by atoms with Gasteiger partial charge in [-0.2, -0.15) is 0 Å². The molecule has 2 fully saturated rings. The third-order valence-electron chi connectivity index (χ3n) is 7.40. The van der Waals surface area contributed by atoms with Crippen LogP contribution in [-0.2, 0) is 9.59 Å². The van der Waals surface area contributed by atoms with Gasteiger partial charge in [-0.15, -0.1) is 0 Å². The molecule has 1 saturated carbocycles. The molecule has 162 valence electrons. The molecule has 2 bridgehead atoms. The number of carbonyl (C=O) groups is 2. The largest absolute Gasteiger partial charge is 0.274 e. The van der Waals surface area contributed by atoms with Crippen LogP contribution >= 0.6 is 0 Å². The van der Waals surface area contributed by atoms with E-state index in [2.05, 4.69) is 74.5 Å². The maximum absolute atomic E-state index is 13.6. The number of allylic oxidation sites excluding steroid dienone is 3. The van der Waals surface area contributed by atoms with E-state index in [0.29, 0.717) is 5.69 Å². The number of imide groups is 1. The van der Waals surface area contributed by atoms with Crippen LogP contribution in [0.2, 0.25) is 0 Å². The summed E-state index contributed by atoms with van der Waals surface area (Å²) < 4.78 is 0. The van der Waals surface area contributed by atoms with E-state index in [-0.39, 0.29) is 35.5 Å². The molecule has 6 rings (SSSR count). The summed E-state index contributed by atoms with van der Waals surface area (Å²) in [5, 5.41) is 0. The fourth-order valence-corrected chi connectivity index (χ4v) is 5.87. The number of hydrogen-bond donors (Lipinski definition) is 0. The summed E-state index contributed by atoms with van der Waals surface area (Å²) >= 11 is 0. The Labute approximate surface area is 194 Å². The molecule has 3 nitrogen and oxygen atoms in total. The molecule has 1 heterocycles. The van der Waals surface area contributed by atoms with E-state index in [4.69, 9.17) is 0 Å². The van der Waals surface area contributed by atoms with Crippen LogP contribution in [0, 0.1) is 37.5 Å². The van der Waals surface area contributed by atoms with Crippen LogP contribution in [0.1, 0.15) is 22.3 Å². The number of nitrogens with zero attached hydrogens (tertiary/aromatic N) is 1. The van der Waals surface area contributed by atoms with Crippen LogP contribution < -0.4 is 4.90 Å². The molecule has 0 aromatic heterocycles. The number of anilines is 1. The summed E-state index contributed by atoms with van der Waals surface area (Å²) in [6.07, 6.45) is 4.31. The van der Waals surface area contributed by atoms with Gasteiger partial charge >= 0.3 is 0 Å². The third-order valence-corrected chi connectivity index (χ3v) is 7.40. The Balaban J connectivity index is 1.50. The molecule has 3 heteroatoms. The first-order chi connectivity index (χ1) is 16.0. The summed E-state index contributed by atoms with van der Waals surface area (Å²) in [5.74, 6) is -0.900. The van der Waals surface area contributed by atoms with Gasteiger partial charge in [0.15, 0.2) is 0 Å². The number of fused-ring (bicyclic) bond motifs is 5. The first-order valence-corrected chi connectivity index (χ1v) is 11.5. The van der Waals surface area contributed by atoms with E-state index in [1.54, 1.807) is 0 Å². The van der Waals surface area contributed by atoms with Crippen molar-refractivity contribution in [1.29, 1.82) is 0 Å². The quantitative estimate of drug-likeness (QED) is 0.392. The van der Waals surface area contributed by atoms with Crippen molar-refractivity contribution < 1.29 is 9.59 Å². The first-order valence-electron chi connectivity index (χ1n) is 11.5. The van der Waals surface area contributed by atoms with E-state index < -0.39 is 0 Å². The molecule has 1 aliphatic heterocycles. The van der Waals surface area contributed by atoms with E-state index in [1.807, 2.05) is 30.3 Å². The highest BCUT2D eigenvalue weighted by molar-refractivity contribution is 6.23. The Kier molecular flexibility index (Phi) is 4.48. The summed E-state index contributed by atoms with van der Waals surface area (Å²) in [7, 11) is 0. The van der Waals surface area contributed by atoms with Gasteiger partial charge < -0.3 is 0 Å². The van der Waals surface area contributed by atoms with E-state index in [9.17, 15) is 9.59 Å². The second-order valence-corrected chi connectivity index (χ2v) is 9.40. The number of hydrogen-bond acceptors (Lipinski definition) is 2. The summed E-state index contributed by atoms with van der Waals surface area (Å²) in [4.78, 5) is 28.5. The van der Waals surface area contributed by atoms with Crippen molar-refractivity contribution in [3.63, 3.8) is 0 Å². The van der Waals surface area contributed by atoms with Gasteiger partial charge in [0.05, 0.1) is 17.5 Å². The third kappa shape index (κ3) is 2.96. The van der Waals surface area contributed by atoms with Gasteiger partial charge in [-0.05, 0) is 48.3 Å². The molecule has 33 heavy (non-hydrogen) atoms. The lowest BCUT2D eigenvalue weighted by Gasteiger charge is -2.21. The van der Waals surface area contributed by atoms with Crippen molar-refractivity contribution in [3.8, 4) is 0 Å². The second-order valence-electron chi connectivity index (χ2n) is 9.40. The zero-order valence-electron chi connectivity index (χ0n) is 18.7. The highest BCUT2D eigenvalue weighted by Gasteiger charge is 2.62. The average molecular weight is 432 g/mol. The van der Waals surface area contributed by atoms with Crippen LogP contribution in [0.5, 0.6) is 0 Å². The molecule has 3 aromatic rings. The Morgan fingerprint density at radius 2 is 1.09 bits per heavy atom. The SMILES string of the molecule is Cc1ccc(C(=C2[C@H]3C=C[C@H]2[C@H]2C(=O)N(c4ccccc4)C(=O)[C@@H]23)c2ccc(C)cc2)cc1. The van der Waals surface area contributed by atoms with Crippen LogP contribution in [0.4, 0.5) is 5.69 Å². The molecule has 0 spiro atoms. The maximum atomic E-state index is 13.6. The van der Waals surface area contributed by atoms with Gasteiger partial charge in [-0.25, -0.2) is 4.90 Å². The number of amides is 2. The lowest BCUT2D eigenvalue weighted by molar-refractivity contribution is -0.122. The average Bonchev–Trinajstić information content (AvgIpc) is 3.46. The maximum Gasteiger partial charge on any atom is 0.238 e. The van der Waals surface area contributed by atoms with E-state index >= 15 is 0 Å². The monoisotopic (exact) mass is 431 g/mol. The molecule has 3 aromatic carbocycles. The minimum atomic E-state index is -0.325. The molecule has 0 N–H and O–H groups in total. The van der Waals surface area contributed by atoms with Crippen LogP contribution in [0.3, 0.4) is 0 Å². The van der Waals surface area contributed by atoms with Gasteiger partial charge in [0.2, 0.25) is 11.8 Å². The van der Waals surface area contributed by atoms with Crippen molar-refractivity contribution in [2.45, 2.75) is 13.8 Å². The number of benzene rings is 3. The summed E-state index contributed by atoms with van der Waals surface area (Å²) in [6.45, 7) is 4.17. The normalized spacial score (nSPS) is 25.2. The highest BCUT2D eigenvalue weighted by atomic mass is 16.2. The molecular formula is C30H25NO2. The van der Waals surface area contributed by atoms with Gasteiger partial charge in [0.25, 0.3) is 0 Å². The minimum Gasteiger partial charge on any atom is -0.274 e. The van der Waals surface area contributed by atoms with Gasteiger partial charge in [-0.1, -0.05) is 90.0 Å². The highest BCUT2D eigenvalue weighted by Crippen LogP contribution is 2.58. The van der Waals surface area contributed by atoms with Gasteiger partial charge in [0.1, 0.15) is 0 Å². The standard InChI is InChI=1S/C30H25NO2/c1-18-8-12-20(13-9-18)25(21-14-10-19(2)11-15-21)26-23-16-17-24(26)28-27(23)29(32)31(30(28)33)22-6-4-3-5-7-22/h3-17,23-24,27-28H,1-2H3/t23-,24-,27-,28-/m1/s1. The van der Waals surface area contributed by atoms with Crippen molar-refractivity contribution >= 4 is 23.1 Å². The van der Waals surface area contributed by atoms with Crippen LogP contribution in [0.15, 0.2) is 96.6 Å². The molecule has 1 saturated heterocycles. The lowest BCUT2D eigenvalue weighted by Crippen LogP contribution is -2.33. The molecule has 0 unspecified atom stereocenters. The minimum absolute atomic E-state index is 0.0530. The predicted molar refractivity (Wildman–Crippen MR) is 130 cm³/mol. The van der Waals surface area contributed by atoms with Gasteiger partial charge in [0, 0.05) is 11.8 Å². The Morgan fingerprint density at radius 1 is 0.636 bits per heavy atom. The molecule has 3 aliphatic rings. The molecular weight excluding hydrogens is 406 g/mol. The summed E-state index contributed by atoms with van der Waals surface area (Å²) in [6, 6.07) is 26.5. The van der Waals surface area contributed by atoms with E-state index in [0.717, 1.165) is 16.7 Å². The molecule has 2 amide bonds.